The molecule has 2 saturated heterocycles. The van der Waals surface area contributed by atoms with Crippen molar-refractivity contribution in [2.24, 2.45) is 5.92 Å². The second-order valence-electron chi connectivity index (χ2n) is 6.28. The Hall–Kier alpha value is -1.46. The van der Waals surface area contributed by atoms with E-state index in [4.69, 9.17) is 0 Å². The third-order valence-electron chi connectivity index (χ3n) is 4.53. The number of pyridine rings is 1. The standard InChI is InChI=1S/C16H24N4O/c1-18-11-15(9-16(18)21)13-20-7-5-19(6-8-20)12-14-3-2-4-17-10-14/h2-4,10,15H,5-9,11-13H2,1H3. The van der Waals surface area contributed by atoms with Crippen molar-refractivity contribution in [1.29, 1.82) is 0 Å². The summed E-state index contributed by atoms with van der Waals surface area (Å²) in [5.74, 6) is 0.822. The molecule has 3 rings (SSSR count). The summed E-state index contributed by atoms with van der Waals surface area (Å²) < 4.78 is 0. The number of hydrogen-bond acceptors (Lipinski definition) is 4. The molecule has 114 valence electrons. The number of aromatic nitrogens is 1. The minimum absolute atomic E-state index is 0.301. The van der Waals surface area contributed by atoms with E-state index in [1.807, 2.05) is 30.4 Å². The first kappa shape index (κ1) is 14.5. The molecule has 2 aliphatic rings. The van der Waals surface area contributed by atoms with Crippen LogP contribution < -0.4 is 0 Å². The summed E-state index contributed by atoms with van der Waals surface area (Å²) in [5.41, 5.74) is 1.29. The summed E-state index contributed by atoms with van der Waals surface area (Å²) in [6, 6.07) is 4.14. The zero-order valence-corrected chi connectivity index (χ0v) is 12.7. The van der Waals surface area contributed by atoms with Gasteiger partial charge in [0.25, 0.3) is 0 Å². The van der Waals surface area contributed by atoms with Crippen molar-refractivity contribution in [1.82, 2.24) is 19.7 Å². The van der Waals surface area contributed by atoms with Crippen molar-refractivity contribution in [2.45, 2.75) is 13.0 Å². The zero-order valence-electron chi connectivity index (χ0n) is 12.7. The van der Waals surface area contributed by atoms with E-state index in [2.05, 4.69) is 20.9 Å². The normalized spacial score (nSPS) is 24.7. The Labute approximate surface area is 126 Å². The molecule has 1 aromatic heterocycles. The van der Waals surface area contributed by atoms with Gasteiger partial charge in [0.1, 0.15) is 0 Å². The van der Waals surface area contributed by atoms with Gasteiger partial charge in [-0.25, -0.2) is 0 Å². The van der Waals surface area contributed by atoms with Crippen LogP contribution in [0.5, 0.6) is 0 Å². The minimum Gasteiger partial charge on any atom is -0.345 e. The van der Waals surface area contributed by atoms with Gasteiger partial charge in [0.15, 0.2) is 0 Å². The molecule has 0 N–H and O–H groups in total. The van der Waals surface area contributed by atoms with Gasteiger partial charge in [-0.3, -0.25) is 14.7 Å². The van der Waals surface area contributed by atoms with Gasteiger partial charge in [0, 0.05) is 71.7 Å². The van der Waals surface area contributed by atoms with E-state index >= 15 is 0 Å². The lowest BCUT2D eigenvalue weighted by Gasteiger charge is -2.35. The Bertz CT molecular complexity index is 470. The Morgan fingerprint density at radius 3 is 2.62 bits per heavy atom. The predicted octanol–water partition coefficient (Wildman–Crippen LogP) is 0.677. The first-order valence-corrected chi connectivity index (χ1v) is 7.78. The molecular weight excluding hydrogens is 264 g/mol. The van der Waals surface area contributed by atoms with Gasteiger partial charge in [-0.2, -0.15) is 0 Å². The first-order valence-electron chi connectivity index (χ1n) is 7.78. The highest BCUT2D eigenvalue weighted by Crippen LogP contribution is 2.18. The molecule has 1 atom stereocenters. The van der Waals surface area contributed by atoms with Crippen molar-refractivity contribution >= 4 is 5.91 Å². The fraction of sp³-hybridized carbons (Fsp3) is 0.625. The first-order chi connectivity index (χ1) is 10.2. The highest BCUT2D eigenvalue weighted by molar-refractivity contribution is 5.78. The number of rotatable bonds is 4. The molecule has 1 aromatic rings. The summed E-state index contributed by atoms with van der Waals surface area (Å²) in [4.78, 5) is 22.6. The van der Waals surface area contributed by atoms with Crippen LogP contribution in [0, 0.1) is 5.92 Å². The fourth-order valence-corrected chi connectivity index (χ4v) is 3.32. The number of carbonyl (C=O) groups is 1. The Morgan fingerprint density at radius 2 is 2.00 bits per heavy atom. The topological polar surface area (TPSA) is 39.7 Å². The average Bonchev–Trinajstić information content (AvgIpc) is 2.80. The summed E-state index contributed by atoms with van der Waals surface area (Å²) in [6.07, 6.45) is 4.50. The van der Waals surface area contributed by atoms with Crippen LogP contribution in [0.4, 0.5) is 0 Å². The lowest BCUT2D eigenvalue weighted by molar-refractivity contribution is -0.126. The van der Waals surface area contributed by atoms with E-state index in [-0.39, 0.29) is 0 Å². The van der Waals surface area contributed by atoms with E-state index in [1.165, 1.54) is 5.56 Å². The lowest BCUT2D eigenvalue weighted by Crippen LogP contribution is -2.47. The van der Waals surface area contributed by atoms with Crippen molar-refractivity contribution in [3.8, 4) is 0 Å². The van der Waals surface area contributed by atoms with Crippen LogP contribution in [0.25, 0.3) is 0 Å². The minimum atomic E-state index is 0.301. The van der Waals surface area contributed by atoms with Crippen LogP contribution >= 0.6 is 0 Å². The maximum atomic E-state index is 11.6. The average molecular weight is 288 g/mol. The quantitative estimate of drug-likeness (QED) is 0.817. The molecule has 5 nitrogen and oxygen atoms in total. The molecule has 21 heavy (non-hydrogen) atoms. The monoisotopic (exact) mass is 288 g/mol. The molecule has 0 aromatic carbocycles. The van der Waals surface area contributed by atoms with Crippen LogP contribution in [0.2, 0.25) is 0 Å². The highest BCUT2D eigenvalue weighted by Gasteiger charge is 2.29. The van der Waals surface area contributed by atoms with Crippen molar-refractivity contribution in [2.75, 3.05) is 46.3 Å². The number of piperazine rings is 1. The maximum Gasteiger partial charge on any atom is 0.222 e. The summed E-state index contributed by atoms with van der Waals surface area (Å²) in [5, 5.41) is 0. The molecule has 0 bridgehead atoms. The van der Waals surface area contributed by atoms with Gasteiger partial charge in [0.05, 0.1) is 0 Å². The molecule has 0 spiro atoms. The van der Waals surface area contributed by atoms with Crippen LogP contribution in [0.3, 0.4) is 0 Å². The van der Waals surface area contributed by atoms with Gasteiger partial charge < -0.3 is 9.80 Å². The molecule has 1 unspecified atom stereocenters. The van der Waals surface area contributed by atoms with E-state index in [0.29, 0.717) is 11.8 Å². The molecule has 5 heteroatoms. The van der Waals surface area contributed by atoms with Gasteiger partial charge in [0.2, 0.25) is 5.91 Å². The lowest BCUT2D eigenvalue weighted by atomic mass is 10.1. The van der Waals surface area contributed by atoms with Gasteiger partial charge in [-0.15, -0.1) is 0 Å². The fourth-order valence-electron chi connectivity index (χ4n) is 3.32. The molecule has 2 fully saturated rings. The number of amides is 1. The molecule has 1 amide bonds. The van der Waals surface area contributed by atoms with E-state index in [9.17, 15) is 4.79 Å². The SMILES string of the molecule is CN1CC(CN2CCN(Cc3cccnc3)CC2)CC1=O. The van der Waals surface area contributed by atoms with E-state index in [0.717, 1.165) is 52.2 Å². The zero-order chi connectivity index (χ0) is 14.7. The number of likely N-dealkylation sites (tertiary alicyclic amines) is 1. The number of nitrogens with zero attached hydrogens (tertiary/aromatic N) is 4. The summed E-state index contributed by atoms with van der Waals surface area (Å²) in [7, 11) is 1.91. The van der Waals surface area contributed by atoms with Crippen molar-refractivity contribution in [3.05, 3.63) is 30.1 Å². The van der Waals surface area contributed by atoms with E-state index in [1.54, 1.807) is 0 Å². The second kappa shape index (κ2) is 6.54. The molecular formula is C16H24N4O. The largest absolute Gasteiger partial charge is 0.345 e. The van der Waals surface area contributed by atoms with Gasteiger partial charge in [-0.1, -0.05) is 6.07 Å². The van der Waals surface area contributed by atoms with Gasteiger partial charge >= 0.3 is 0 Å². The Kier molecular flexibility index (Phi) is 4.51. The van der Waals surface area contributed by atoms with Crippen LogP contribution in [-0.2, 0) is 11.3 Å². The van der Waals surface area contributed by atoms with Crippen molar-refractivity contribution in [3.63, 3.8) is 0 Å². The third kappa shape index (κ3) is 3.80. The van der Waals surface area contributed by atoms with Crippen LogP contribution in [0.15, 0.2) is 24.5 Å². The summed E-state index contributed by atoms with van der Waals surface area (Å²) >= 11 is 0. The van der Waals surface area contributed by atoms with E-state index < -0.39 is 0 Å². The maximum absolute atomic E-state index is 11.6. The molecule has 0 saturated carbocycles. The highest BCUT2D eigenvalue weighted by atomic mass is 16.2. The molecule has 0 radical (unpaired) electrons. The number of hydrogen-bond donors (Lipinski definition) is 0. The molecule has 3 heterocycles. The Balaban J connectivity index is 1.42. The predicted molar refractivity (Wildman–Crippen MR) is 81.7 cm³/mol. The summed E-state index contributed by atoms with van der Waals surface area (Å²) in [6.45, 7) is 7.40. The third-order valence-corrected chi connectivity index (χ3v) is 4.53. The van der Waals surface area contributed by atoms with Crippen molar-refractivity contribution < 1.29 is 4.79 Å². The number of carbonyl (C=O) groups excluding carboxylic acids is 1. The van der Waals surface area contributed by atoms with Crippen LogP contribution in [0.1, 0.15) is 12.0 Å². The molecule has 0 aliphatic carbocycles. The smallest absolute Gasteiger partial charge is 0.222 e. The van der Waals surface area contributed by atoms with Crippen LogP contribution in [-0.4, -0.2) is 71.9 Å². The molecule has 2 aliphatic heterocycles. The van der Waals surface area contributed by atoms with Gasteiger partial charge in [-0.05, 0) is 17.5 Å². The Morgan fingerprint density at radius 1 is 1.24 bits per heavy atom. The second-order valence-corrected chi connectivity index (χ2v) is 6.28.